The van der Waals surface area contributed by atoms with Crippen molar-refractivity contribution in [3.05, 3.63) is 59.8 Å². The Balaban J connectivity index is 1.71. The van der Waals surface area contributed by atoms with Gasteiger partial charge < -0.3 is 15.6 Å². The van der Waals surface area contributed by atoms with Crippen LogP contribution in [0.15, 0.2) is 58.3 Å². The zero-order valence-electron chi connectivity index (χ0n) is 18.5. The van der Waals surface area contributed by atoms with E-state index in [4.69, 9.17) is 10.5 Å². The number of nitrogens with one attached hydrogen (secondary N) is 1. The summed E-state index contributed by atoms with van der Waals surface area (Å²) in [6.07, 6.45) is 0.546. The van der Waals surface area contributed by atoms with Gasteiger partial charge >= 0.3 is 0 Å². The summed E-state index contributed by atoms with van der Waals surface area (Å²) in [5.74, 6) is 0.307. The van der Waals surface area contributed by atoms with Crippen molar-refractivity contribution in [1.82, 2.24) is 30.7 Å². The molecule has 0 saturated heterocycles. The molecule has 0 atom stereocenters. The van der Waals surface area contributed by atoms with Crippen LogP contribution in [0, 0.1) is 0 Å². The summed E-state index contributed by atoms with van der Waals surface area (Å²) < 4.78 is 11.5. The first-order chi connectivity index (χ1) is 16.5. The molecule has 4 rings (SSSR count). The van der Waals surface area contributed by atoms with E-state index in [0.717, 1.165) is 5.56 Å². The van der Waals surface area contributed by atoms with Gasteiger partial charge in [0, 0.05) is 5.56 Å². The molecule has 0 aliphatic heterocycles. The summed E-state index contributed by atoms with van der Waals surface area (Å²) >= 11 is 0. The average molecular weight is 462 g/mol. The van der Waals surface area contributed by atoms with Crippen LogP contribution in [0.2, 0.25) is 0 Å². The number of nitrogens with two attached hydrogens (primary N) is 1. The van der Waals surface area contributed by atoms with Crippen molar-refractivity contribution in [2.24, 2.45) is 5.10 Å². The van der Waals surface area contributed by atoms with Gasteiger partial charge in [0.15, 0.2) is 5.69 Å². The van der Waals surface area contributed by atoms with Gasteiger partial charge in [-0.25, -0.2) is 10.1 Å². The third kappa shape index (κ3) is 4.55. The van der Waals surface area contributed by atoms with Gasteiger partial charge in [-0.15, -0.1) is 5.10 Å². The van der Waals surface area contributed by atoms with Crippen molar-refractivity contribution in [3.8, 4) is 28.6 Å². The van der Waals surface area contributed by atoms with E-state index in [2.05, 4.69) is 35.8 Å². The third-order valence-electron chi connectivity index (χ3n) is 4.85. The number of aromatic nitrogens is 5. The summed E-state index contributed by atoms with van der Waals surface area (Å²) in [5.41, 5.74) is 10.7. The number of carbonyl (C=O) groups is 1. The van der Waals surface area contributed by atoms with Gasteiger partial charge in [0.25, 0.3) is 5.91 Å². The second kappa shape index (κ2) is 9.81. The van der Waals surface area contributed by atoms with Crippen LogP contribution < -0.4 is 15.9 Å². The summed E-state index contributed by atoms with van der Waals surface area (Å²) in [6.45, 7) is 4.31. The Hall–Kier alpha value is -4.74. The molecule has 0 aliphatic rings. The minimum absolute atomic E-state index is 0.00327. The Morgan fingerprint density at radius 3 is 2.50 bits per heavy atom. The highest BCUT2D eigenvalue weighted by Crippen LogP contribution is 2.28. The lowest BCUT2D eigenvalue weighted by Crippen LogP contribution is -2.21. The molecule has 12 nitrogen and oxygen atoms in total. The Labute approximate surface area is 194 Å². The van der Waals surface area contributed by atoms with Crippen LogP contribution in [0.3, 0.4) is 0 Å². The summed E-state index contributed by atoms with van der Waals surface area (Å²) in [4.78, 5) is 13.1. The Kier molecular flexibility index (Phi) is 6.48. The number of ether oxygens (including phenoxy) is 1. The lowest BCUT2D eigenvalue weighted by atomic mass is 10.1. The molecule has 4 N–H and O–H groups in total. The fraction of sp³-hybridized carbons (Fsp3) is 0.182. The quantitative estimate of drug-likeness (QED) is 0.263. The Morgan fingerprint density at radius 2 is 1.88 bits per heavy atom. The number of rotatable bonds is 8. The minimum Gasteiger partial charge on any atom is -0.508 e. The maximum atomic E-state index is 13.1. The molecule has 0 unspecified atom stereocenters. The number of carbonyl (C=O) groups excluding carboxylic acids is 1. The fourth-order valence-corrected chi connectivity index (χ4v) is 3.23. The summed E-state index contributed by atoms with van der Waals surface area (Å²) in [6, 6.07) is 13.6. The highest BCUT2D eigenvalue weighted by Gasteiger charge is 2.25. The molecule has 0 saturated carbocycles. The van der Waals surface area contributed by atoms with Gasteiger partial charge in [-0.2, -0.15) is 9.78 Å². The van der Waals surface area contributed by atoms with E-state index >= 15 is 0 Å². The number of aromatic hydroxyl groups is 1. The third-order valence-corrected chi connectivity index (χ3v) is 4.85. The Bertz CT molecular complexity index is 1310. The predicted molar refractivity (Wildman–Crippen MR) is 123 cm³/mol. The van der Waals surface area contributed by atoms with E-state index in [1.807, 2.05) is 13.8 Å². The molecule has 2 heterocycles. The van der Waals surface area contributed by atoms with Crippen LogP contribution in [0.25, 0.3) is 17.1 Å². The molecule has 0 radical (unpaired) electrons. The van der Waals surface area contributed by atoms with E-state index in [1.54, 1.807) is 48.5 Å². The Morgan fingerprint density at radius 1 is 1.15 bits per heavy atom. The molecular weight excluding hydrogens is 440 g/mol. The van der Waals surface area contributed by atoms with Crippen LogP contribution in [-0.4, -0.2) is 48.6 Å². The molecule has 34 heavy (non-hydrogen) atoms. The van der Waals surface area contributed by atoms with E-state index < -0.39 is 5.91 Å². The standard InChI is InChI=1S/C22H22N8O4/c1-3-17(13-5-9-15(31)10-6-13)24-26-22(32)18-19(14-7-11-16(12-8-14)33-4-2)30(29-25-18)21-20(23)27-34-28-21/h5-12,31H,3-4H2,1-2H3,(H2,23,27)(H,26,32)/b24-17+. The first kappa shape index (κ1) is 22.5. The van der Waals surface area contributed by atoms with Crippen LogP contribution in [0.4, 0.5) is 5.82 Å². The van der Waals surface area contributed by atoms with Crippen molar-refractivity contribution in [2.45, 2.75) is 20.3 Å². The number of benzene rings is 2. The zero-order valence-corrected chi connectivity index (χ0v) is 18.5. The SMILES string of the molecule is CCOc1ccc(-c2c(C(=O)N/N=C(\CC)c3ccc(O)cc3)nnn2-c2nonc2N)cc1. The number of nitrogens with zero attached hydrogens (tertiary/aromatic N) is 6. The fourth-order valence-electron chi connectivity index (χ4n) is 3.23. The maximum absolute atomic E-state index is 13.1. The summed E-state index contributed by atoms with van der Waals surface area (Å²) in [5, 5.41) is 29.2. The molecule has 2 aromatic carbocycles. The molecule has 2 aromatic heterocycles. The number of anilines is 1. The van der Waals surface area contributed by atoms with Crippen LogP contribution >= 0.6 is 0 Å². The van der Waals surface area contributed by atoms with E-state index in [9.17, 15) is 9.90 Å². The summed E-state index contributed by atoms with van der Waals surface area (Å²) in [7, 11) is 0. The zero-order chi connectivity index (χ0) is 24.1. The van der Waals surface area contributed by atoms with Gasteiger partial charge in [-0.1, -0.05) is 12.1 Å². The molecular formula is C22H22N8O4. The molecule has 0 fully saturated rings. The van der Waals surface area contributed by atoms with Crippen molar-refractivity contribution in [3.63, 3.8) is 0 Å². The number of hydrogen-bond donors (Lipinski definition) is 3. The molecule has 0 aliphatic carbocycles. The smallest absolute Gasteiger partial charge is 0.294 e. The molecule has 0 spiro atoms. The number of amides is 1. The lowest BCUT2D eigenvalue weighted by molar-refractivity contribution is 0.0950. The number of phenols is 1. The van der Waals surface area contributed by atoms with Gasteiger partial charge in [-0.3, -0.25) is 4.79 Å². The van der Waals surface area contributed by atoms with Gasteiger partial charge in [-0.05, 0) is 77.8 Å². The predicted octanol–water partition coefficient (Wildman–Crippen LogP) is 2.55. The number of hydrogen-bond acceptors (Lipinski definition) is 10. The second-order valence-electron chi connectivity index (χ2n) is 7.03. The largest absolute Gasteiger partial charge is 0.508 e. The topological polar surface area (TPSA) is 167 Å². The van der Waals surface area contributed by atoms with Crippen molar-refractivity contribution >= 4 is 17.4 Å². The monoisotopic (exact) mass is 462 g/mol. The molecule has 174 valence electrons. The number of hydrazone groups is 1. The molecule has 12 heteroatoms. The number of phenolic OH excluding ortho intramolecular Hbond substituents is 1. The highest BCUT2D eigenvalue weighted by atomic mass is 16.6. The van der Waals surface area contributed by atoms with Crippen molar-refractivity contribution in [2.75, 3.05) is 12.3 Å². The first-order valence-electron chi connectivity index (χ1n) is 10.5. The van der Waals surface area contributed by atoms with Gasteiger partial charge in [0.1, 0.15) is 17.2 Å². The molecule has 4 aromatic rings. The van der Waals surface area contributed by atoms with Crippen molar-refractivity contribution in [1.29, 1.82) is 0 Å². The molecule has 1 amide bonds. The lowest BCUT2D eigenvalue weighted by Gasteiger charge is -2.08. The molecule has 0 bridgehead atoms. The van der Waals surface area contributed by atoms with Crippen molar-refractivity contribution < 1.29 is 19.3 Å². The van der Waals surface area contributed by atoms with E-state index in [0.29, 0.717) is 35.7 Å². The average Bonchev–Trinajstić information content (AvgIpc) is 3.47. The van der Waals surface area contributed by atoms with Gasteiger partial charge in [0.05, 0.1) is 12.3 Å². The van der Waals surface area contributed by atoms with Crippen LogP contribution in [0.1, 0.15) is 36.3 Å². The highest BCUT2D eigenvalue weighted by molar-refractivity contribution is 6.03. The second-order valence-corrected chi connectivity index (χ2v) is 7.03. The minimum atomic E-state index is -0.588. The van der Waals surface area contributed by atoms with E-state index in [1.165, 1.54) is 4.68 Å². The first-order valence-corrected chi connectivity index (χ1v) is 10.5. The maximum Gasteiger partial charge on any atom is 0.294 e. The van der Waals surface area contributed by atoms with Gasteiger partial charge in [0.2, 0.25) is 11.6 Å². The van der Waals surface area contributed by atoms with Crippen LogP contribution in [0.5, 0.6) is 11.5 Å². The van der Waals surface area contributed by atoms with E-state index in [-0.39, 0.29) is 23.1 Å². The normalized spacial score (nSPS) is 11.4. The van der Waals surface area contributed by atoms with Crippen LogP contribution in [-0.2, 0) is 0 Å². The number of nitrogen functional groups attached to an aromatic ring is 1.